The number of rotatable bonds is 4. The number of hydrogen-bond acceptors (Lipinski definition) is 5. The summed E-state index contributed by atoms with van der Waals surface area (Å²) in [6.07, 6.45) is 0.277. The van der Waals surface area contributed by atoms with E-state index in [2.05, 4.69) is 10.6 Å². The summed E-state index contributed by atoms with van der Waals surface area (Å²) in [7, 11) is 2.97. The van der Waals surface area contributed by atoms with Crippen LogP contribution < -0.4 is 25.8 Å². The Kier molecular flexibility index (Phi) is 3.97. The molecule has 0 radical (unpaired) electrons. The van der Waals surface area contributed by atoms with Gasteiger partial charge < -0.3 is 25.8 Å². The Morgan fingerprint density at radius 1 is 1.35 bits per heavy atom. The number of methoxy groups -OCH3 is 2. The van der Waals surface area contributed by atoms with Crippen LogP contribution in [0, 0.1) is 0 Å². The van der Waals surface area contributed by atoms with Crippen molar-refractivity contribution >= 4 is 17.5 Å². The molecule has 108 valence electrons. The maximum Gasteiger partial charge on any atom is 0.253 e. The lowest BCUT2D eigenvalue weighted by atomic mass is 10.1. The summed E-state index contributed by atoms with van der Waals surface area (Å²) in [4.78, 5) is 23.3. The third-order valence-electron chi connectivity index (χ3n) is 3.11. The number of carbonyl (C=O) groups excluding carboxylic acids is 2. The van der Waals surface area contributed by atoms with Gasteiger partial charge in [-0.15, -0.1) is 0 Å². The maximum absolute atomic E-state index is 12.2. The molecule has 0 spiro atoms. The summed E-state index contributed by atoms with van der Waals surface area (Å²) in [5, 5.41) is 5.41. The van der Waals surface area contributed by atoms with Crippen molar-refractivity contribution < 1.29 is 19.1 Å². The number of ether oxygens (including phenoxy) is 2. The van der Waals surface area contributed by atoms with Gasteiger partial charge in [0.15, 0.2) is 11.5 Å². The van der Waals surface area contributed by atoms with Gasteiger partial charge in [0.2, 0.25) is 5.91 Å². The molecule has 1 atom stereocenters. The van der Waals surface area contributed by atoms with Crippen molar-refractivity contribution in [1.82, 2.24) is 10.6 Å². The predicted octanol–water partition coefficient (Wildman–Crippen LogP) is -0.0957. The predicted molar refractivity (Wildman–Crippen MR) is 72.8 cm³/mol. The molecule has 7 nitrogen and oxygen atoms in total. The van der Waals surface area contributed by atoms with E-state index in [1.54, 1.807) is 0 Å². The molecule has 1 aromatic rings. The summed E-state index contributed by atoms with van der Waals surface area (Å²) < 4.78 is 10.2. The van der Waals surface area contributed by atoms with Gasteiger partial charge in [0, 0.05) is 24.7 Å². The lowest BCUT2D eigenvalue weighted by molar-refractivity contribution is -0.119. The Labute approximate surface area is 116 Å². The van der Waals surface area contributed by atoms with Gasteiger partial charge in [0.1, 0.15) is 0 Å². The average Bonchev–Trinajstić information content (AvgIpc) is 2.83. The van der Waals surface area contributed by atoms with E-state index >= 15 is 0 Å². The highest BCUT2D eigenvalue weighted by Gasteiger charge is 2.24. The number of hydrogen-bond donors (Lipinski definition) is 3. The van der Waals surface area contributed by atoms with E-state index in [0.29, 0.717) is 23.6 Å². The molecule has 1 aliphatic rings. The van der Waals surface area contributed by atoms with Crippen LogP contribution in [0.2, 0.25) is 0 Å². The average molecular weight is 279 g/mol. The number of nitrogen functional groups attached to an aromatic ring is 1. The van der Waals surface area contributed by atoms with Gasteiger partial charge >= 0.3 is 0 Å². The van der Waals surface area contributed by atoms with E-state index in [-0.39, 0.29) is 30.0 Å². The second kappa shape index (κ2) is 5.68. The minimum atomic E-state index is -0.343. The minimum absolute atomic E-state index is 0.0735. The second-order valence-electron chi connectivity index (χ2n) is 4.47. The monoisotopic (exact) mass is 279 g/mol. The summed E-state index contributed by atoms with van der Waals surface area (Å²) in [5.41, 5.74) is 6.43. The molecular weight excluding hydrogens is 262 g/mol. The molecule has 0 bridgehead atoms. The zero-order valence-electron chi connectivity index (χ0n) is 11.4. The Hall–Kier alpha value is -2.44. The molecule has 0 saturated carbocycles. The molecule has 1 aromatic carbocycles. The summed E-state index contributed by atoms with van der Waals surface area (Å²) >= 11 is 0. The van der Waals surface area contributed by atoms with Gasteiger partial charge in [-0.3, -0.25) is 9.59 Å². The fourth-order valence-electron chi connectivity index (χ4n) is 2.06. The molecule has 0 aliphatic carbocycles. The number of benzene rings is 1. The fraction of sp³-hybridized carbons (Fsp3) is 0.385. The molecule has 1 heterocycles. The van der Waals surface area contributed by atoms with Crippen LogP contribution in [0.4, 0.5) is 5.69 Å². The van der Waals surface area contributed by atoms with Crippen molar-refractivity contribution in [2.75, 3.05) is 26.5 Å². The third-order valence-corrected chi connectivity index (χ3v) is 3.11. The van der Waals surface area contributed by atoms with Crippen LogP contribution in [-0.4, -0.2) is 38.6 Å². The zero-order valence-corrected chi connectivity index (χ0v) is 11.4. The molecule has 0 aromatic heterocycles. The lowest BCUT2D eigenvalue weighted by Crippen LogP contribution is -2.36. The molecule has 1 saturated heterocycles. The molecule has 2 amide bonds. The van der Waals surface area contributed by atoms with Crippen molar-refractivity contribution in [3.63, 3.8) is 0 Å². The smallest absolute Gasteiger partial charge is 0.253 e. The lowest BCUT2D eigenvalue weighted by Gasteiger charge is -2.14. The first kappa shape index (κ1) is 14.0. The standard InChI is InChI=1S/C13H17N3O4/c1-19-10-4-8(9(14)5-11(10)20-2)13(18)16-7-3-12(17)15-6-7/h4-5,7H,3,6,14H2,1-2H3,(H,15,17)(H,16,18). The van der Waals surface area contributed by atoms with Gasteiger partial charge in [0.05, 0.1) is 25.8 Å². The normalized spacial score (nSPS) is 17.5. The van der Waals surface area contributed by atoms with Gasteiger partial charge in [-0.25, -0.2) is 0 Å². The number of carbonyl (C=O) groups is 2. The number of nitrogens with two attached hydrogens (primary N) is 1. The van der Waals surface area contributed by atoms with Crippen molar-refractivity contribution in [3.8, 4) is 11.5 Å². The van der Waals surface area contributed by atoms with Crippen molar-refractivity contribution in [2.45, 2.75) is 12.5 Å². The Bertz CT molecular complexity index is 545. The van der Waals surface area contributed by atoms with Crippen LogP contribution in [-0.2, 0) is 4.79 Å². The van der Waals surface area contributed by atoms with Gasteiger partial charge in [-0.05, 0) is 6.07 Å². The van der Waals surface area contributed by atoms with Crippen LogP contribution in [0.15, 0.2) is 12.1 Å². The van der Waals surface area contributed by atoms with E-state index in [4.69, 9.17) is 15.2 Å². The molecule has 20 heavy (non-hydrogen) atoms. The van der Waals surface area contributed by atoms with Gasteiger partial charge in [-0.2, -0.15) is 0 Å². The zero-order chi connectivity index (χ0) is 14.7. The van der Waals surface area contributed by atoms with Crippen molar-refractivity contribution in [2.24, 2.45) is 0 Å². The van der Waals surface area contributed by atoms with E-state index < -0.39 is 0 Å². The minimum Gasteiger partial charge on any atom is -0.493 e. The van der Waals surface area contributed by atoms with Crippen molar-refractivity contribution in [3.05, 3.63) is 17.7 Å². The van der Waals surface area contributed by atoms with E-state index in [0.717, 1.165) is 0 Å². The van der Waals surface area contributed by atoms with Crippen LogP contribution >= 0.6 is 0 Å². The van der Waals surface area contributed by atoms with Gasteiger partial charge in [-0.1, -0.05) is 0 Å². The molecule has 4 N–H and O–H groups in total. The van der Waals surface area contributed by atoms with Crippen molar-refractivity contribution in [1.29, 1.82) is 0 Å². The fourth-order valence-corrected chi connectivity index (χ4v) is 2.06. The highest BCUT2D eigenvalue weighted by atomic mass is 16.5. The Morgan fingerprint density at radius 3 is 2.55 bits per heavy atom. The summed E-state index contributed by atoms with van der Waals surface area (Å²) in [5.74, 6) is 0.465. The molecule has 1 unspecified atom stereocenters. The Morgan fingerprint density at radius 2 is 2.00 bits per heavy atom. The summed E-state index contributed by atoms with van der Waals surface area (Å²) in [6, 6.07) is 2.84. The summed E-state index contributed by atoms with van der Waals surface area (Å²) in [6.45, 7) is 0.428. The van der Waals surface area contributed by atoms with Gasteiger partial charge in [0.25, 0.3) is 5.91 Å². The number of anilines is 1. The van der Waals surface area contributed by atoms with Crippen LogP contribution in [0.5, 0.6) is 11.5 Å². The van der Waals surface area contributed by atoms with Crippen LogP contribution in [0.1, 0.15) is 16.8 Å². The van der Waals surface area contributed by atoms with Crippen LogP contribution in [0.3, 0.4) is 0 Å². The first-order chi connectivity index (χ1) is 9.55. The first-order valence-corrected chi connectivity index (χ1v) is 6.14. The SMILES string of the molecule is COc1cc(N)c(C(=O)NC2CNC(=O)C2)cc1OC. The van der Waals surface area contributed by atoms with E-state index in [1.165, 1.54) is 26.4 Å². The molecule has 1 fully saturated rings. The Balaban J connectivity index is 2.19. The highest BCUT2D eigenvalue weighted by Crippen LogP contribution is 2.31. The largest absolute Gasteiger partial charge is 0.493 e. The first-order valence-electron chi connectivity index (χ1n) is 6.14. The quantitative estimate of drug-likeness (QED) is 0.668. The van der Waals surface area contributed by atoms with Crippen LogP contribution in [0.25, 0.3) is 0 Å². The van der Waals surface area contributed by atoms with E-state index in [9.17, 15) is 9.59 Å². The molecule has 1 aliphatic heterocycles. The highest BCUT2D eigenvalue weighted by molar-refractivity contribution is 6.00. The number of amides is 2. The number of nitrogens with one attached hydrogen (secondary N) is 2. The molecule has 2 rings (SSSR count). The molecule has 7 heteroatoms. The molecular formula is C13H17N3O4. The van der Waals surface area contributed by atoms with E-state index in [1.807, 2.05) is 0 Å². The maximum atomic E-state index is 12.2. The second-order valence-corrected chi connectivity index (χ2v) is 4.47. The third kappa shape index (κ3) is 2.76. The topological polar surface area (TPSA) is 103 Å².